The highest BCUT2D eigenvalue weighted by atomic mass is 16.6. The molecule has 0 spiro atoms. The number of esters is 4. The van der Waals surface area contributed by atoms with Crippen molar-refractivity contribution in [3.8, 4) is 0 Å². The minimum absolute atomic E-state index is 0.0490. The number of carboxylic acids is 8. The Morgan fingerprint density at radius 1 is 0.242 bits per heavy atom. The molecule has 7 aromatic carbocycles. The van der Waals surface area contributed by atoms with E-state index < -0.39 is 144 Å². The maximum Gasteiger partial charge on any atom is 0.346 e. The second kappa shape index (κ2) is 16.0. The molecule has 0 aliphatic carbocycles. The van der Waals surface area contributed by atoms with Crippen molar-refractivity contribution in [1.82, 2.24) is 0 Å². The van der Waals surface area contributed by atoms with Crippen LogP contribution in [0.3, 0.4) is 0 Å². The number of benzene rings is 7. The monoisotopic (exact) mass is 900 g/mol. The van der Waals surface area contributed by atoms with Gasteiger partial charge in [-0.05, 0) is 80.8 Å². The number of hydrogen-bond donors (Lipinski definition) is 8. The minimum Gasteiger partial charge on any atom is -0.478 e. The molecule has 0 amide bonds. The lowest BCUT2D eigenvalue weighted by molar-refractivity contribution is 0.0383. The third kappa shape index (κ3) is 7.08. The van der Waals surface area contributed by atoms with Gasteiger partial charge in [0.1, 0.15) is 0 Å². The molecule has 22 nitrogen and oxygen atoms in total. The number of carboxylic acid groups (broad SMARTS) is 8. The number of carbonyl (C=O) groups is 12. The maximum absolute atomic E-state index is 14.1. The van der Waals surface area contributed by atoms with Crippen molar-refractivity contribution in [2.24, 2.45) is 0 Å². The average molecular weight is 901 g/mol. The van der Waals surface area contributed by atoms with Gasteiger partial charge in [-0.15, -0.1) is 0 Å². The van der Waals surface area contributed by atoms with Crippen molar-refractivity contribution in [2.75, 3.05) is 0 Å². The summed E-state index contributed by atoms with van der Waals surface area (Å²) in [5.74, 6) is -21.7. The van der Waals surface area contributed by atoms with Gasteiger partial charge in [-0.2, -0.15) is 0 Å². The maximum atomic E-state index is 14.1. The zero-order chi connectivity index (χ0) is 48.4. The summed E-state index contributed by atoms with van der Waals surface area (Å²) in [4.78, 5) is 152. The van der Waals surface area contributed by atoms with Gasteiger partial charge in [0.15, 0.2) is 0 Å². The first-order valence-electron chi connectivity index (χ1n) is 18.0. The Bertz CT molecular complexity index is 3300. The van der Waals surface area contributed by atoms with Gasteiger partial charge in [0.2, 0.25) is 0 Å². The lowest BCUT2D eigenvalue weighted by atomic mass is 9.84. The fourth-order valence-corrected chi connectivity index (χ4v) is 7.57. The van der Waals surface area contributed by atoms with E-state index in [0.29, 0.717) is 24.3 Å². The summed E-state index contributed by atoms with van der Waals surface area (Å²) in [5, 5.41) is 77.4. The van der Waals surface area contributed by atoms with Gasteiger partial charge < -0.3 is 50.3 Å². The van der Waals surface area contributed by atoms with Gasteiger partial charge >= 0.3 is 71.6 Å². The molecule has 0 bridgehead atoms. The van der Waals surface area contributed by atoms with E-state index in [9.17, 15) is 98.4 Å². The Labute approximate surface area is 361 Å². The molecule has 7 aromatic rings. The summed E-state index contributed by atoms with van der Waals surface area (Å²) in [6, 6.07) is 10.3. The third-order valence-electron chi connectivity index (χ3n) is 10.3. The summed E-state index contributed by atoms with van der Waals surface area (Å²) >= 11 is 0. The minimum atomic E-state index is -1.96. The van der Waals surface area contributed by atoms with E-state index in [1.165, 1.54) is 24.3 Å². The second-order valence-corrected chi connectivity index (χ2v) is 13.8. The van der Waals surface area contributed by atoms with Crippen molar-refractivity contribution in [3.63, 3.8) is 0 Å². The van der Waals surface area contributed by atoms with E-state index in [4.69, 9.17) is 9.47 Å². The molecular weight excluding hydrogens is 880 g/mol. The SMILES string of the molecule is O=C(O)c1cc(C(=O)O)c(C(=O)OC(=O)c2ccc3c4ccc(C(=O)O)c5c(C(=O)O)ccc(c6ccc(C(=O)OC(=O)c7cc(C(=O)O)c(C(=O)O)cc7C(=O)O)c2c36)c54)cc1C(=O)O. The zero-order valence-corrected chi connectivity index (χ0v) is 32.2. The summed E-state index contributed by atoms with van der Waals surface area (Å²) in [6.07, 6.45) is 0. The molecule has 0 fully saturated rings. The Hall–Kier alpha value is -10.1. The van der Waals surface area contributed by atoms with E-state index in [1.807, 2.05) is 0 Å². The molecule has 7 rings (SSSR count). The number of ether oxygens (including phenoxy) is 2. The van der Waals surface area contributed by atoms with Crippen LogP contribution < -0.4 is 0 Å². The van der Waals surface area contributed by atoms with Crippen LogP contribution in [0.5, 0.6) is 0 Å². The summed E-state index contributed by atoms with van der Waals surface area (Å²) in [5.41, 5.74) is -11.2. The molecule has 328 valence electrons. The first-order chi connectivity index (χ1) is 31.0. The first-order valence-corrected chi connectivity index (χ1v) is 18.0. The van der Waals surface area contributed by atoms with Crippen LogP contribution in [-0.4, -0.2) is 112 Å². The normalized spacial score (nSPS) is 11.0. The second-order valence-electron chi connectivity index (χ2n) is 13.8. The number of aromatic carboxylic acids is 8. The van der Waals surface area contributed by atoms with Gasteiger partial charge in [0.05, 0.1) is 66.8 Å². The van der Waals surface area contributed by atoms with Crippen molar-refractivity contribution in [1.29, 1.82) is 0 Å². The highest BCUT2D eigenvalue weighted by Gasteiger charge is 2.33. The largest absolute Gasteiger partial charge is 0.478 e. The Kier molecular flexibility index (Phi) is 10.6. The van der Waals surface area contributed by atoms with E-state index in [1.54, 1.807) is 0 Å². The van der Waals surface area contributed by atoms with Gasteiger partial charge in [0.25, 0.3) is 0 Å². The number of hydrogen-bond acceptors (Lipinski definition) is 14. The van der Waals surface area contributed by atoms with Crippen LogP contribution in [0.25, 0.3) is 43.1 Å². The smallest absolute Gasteiger partial charge is 0.346 e. The van der Waals surface area contributed by atoms with Crippen LogP contribution in [0, 0.1) is 0 Å². The van der Waals surface area contributed by atoms with E-state index in [2.05, 4.69) is 0 Å². The van der Waals surface area contributed by atoms with Crippen LogP contribution in [0.15, 0.2) is 72.8 Å². The van der Waals surface area contributed by atoms with Crippen LogP contribution in [0.4, 0.5) is 0 Å². The number of fused-ring (bicyclic) bond motifs is 2. The van der Waals surface area contributed by atoms with Crippen molar-refractivity contribution >= 4 is 115 Å². The van der Waals surface area contributed by atoms with Gasteiger partial charge in [-0.1, -0.05) is 24.3 Å². The van der Waals surface area contributed by atoms with E-state index >= 15 is 0 Å². The van der Waals surface area contributed by atoms with Gasteiger partial charge in [-0.3, -0.25) is 0 Å². The molecule has 66 heavy (non-hydrogen) atoms. The number of rotatable bonds is 12. The molecule has 0 unspecified atom stereocenters. The molecule has 22 heteroatoms. The lowest BCUT2D eigenvalue weighted by Gasteiger charge is -2.19. The Balaban J connectivity index is 1.48. The molecule has 8 N–H and O–H groups in total. The van der Waals surface area contributed by atoms with Crippen molar-refractivity contribution < 1.29 is 108 Å². The molecule has 0 heterocycles. The predicted molar refractivity (Wildman–Crippen MR) is 216 cm³/mol. The third-order valence-corrected chi connectivity index (χ3v) is 10.3. The van der Waals surface area contributed by atoms with E-state index in [-0.39, 0.29) is 37.7 Å². The van der Waals surface area contributed by atoms with Gasteiger partial charge in [0, 0.05) is 10.8 Å². The quantitative estimate of drug-likeness (QED) is 0.0333. The molecule has 0 atom stereocenters. The topological polar surface area (TPSA) is 385 Å². The summed E-state index contributed by atoms with van der Waals surface area (Å²) < 4.78 is 9.99. The van der Waals surface area contributed by atoms with Gasteiger partial charge in [-0.25, -0.2) is 57.5 Å². The summed E-state index contributed by atoms with van der Waals surface area (Å²) in [6.45, 7) is 0. The predicted octanol–water partition coefficient (Wildman–Crippen LogP) is 5.32. The van der Waals surface area contributed by atoms with E-state index in [0.717, 1.165) is 24.3 Å². The fourth-order valence-electron chi connectivity index (χ4n) is 7.57. The molecule has 0 aliphatic rings. The summed E-state index contributed by atoms with van der Waals surface area (Å²) in [7, 11) is 0. The van der Waals surface area contributed by atoms with Crippen LogP contribution >= 0.6 is 0 Å². The molecule has 0 saturated carbocycles. The Morgan fingerprint density at radius 2 is 0.439 bits per heavy atom. The molecular formula is C44H20O22. The average Bonchev–Trinajstić information content (AvgIpc) is 3.25. The number of carbonyl (C=O) groups excluding carboxylic acids is 4. The molecule has 0 aliphatic heterocycles. The Morgan fingerprint density at radius 3 is 0.697 bits per heavy atom. The standard InChI is InChI=1S/C44H20O22/c45-33(46)17-5-1-13-15-3-7-19(41(61)65-43(63)27-11-23(37(53)54)21(35(49)50)9-25(27)39(57)58)32-20(8-4-16(30(15)32)14-2-6-18(34(47)48)31(17)29(13)14)42(62)66-44(64)28-12-24(38(55)56)22(36(51)52)10-26(28)40(59)60/h1-12H,(H,45,46)(H,47,48)(H,49,50)(H,51,52)(H,53,54)(H,55,56)(H,57,58)(H,59,60). The van der Waals surface area contributed by atoms with Crippen LogP contribution in [0.2, 0.25) is 0 Å². The highest BCUT2D eigenvalue weighted by molar-refractivity contribution is 6.38. The first kappa shape index (κ1) is 44.0. The van der Waals surface area contributed by atoms with Crippen LogP contribution in [0.1, 0.15) is 124 Å². The fraction of sp³-hybridized carbons (Fsp3) is 0. The van der Waals surface area contributed by atoms with Crippen molar-refractivity contribution in [2.45, 2.75) is 0 Å². The van der Waals surface area contributed by atoms with Crippen LogP contribution in [-0.2, 0) is 9.47 Å². The lowest BCUT2D eigenvalue weighted by Crippen LogP contribution is -2.21. The molecule has 0 aromatic heterocycles. The highest BCUT2D eigenvalue weighted by Crippen LogP contribution is 2.44. The zero-order valence-electron chi connectivity index (χ0n) is 32.2. The molecule has 0 saturated heterocycles. The van der Waals surface area contributed by atoms with Crippen molar-refractivity contribution in [3.05, 3.63) is 140 Å². The molecule has 0 radical (unpaired) electrons.